The lowest BCUT2D eigenvalue weighted by molar-refractivity contribution is 0.103. The Morgan fingerprint density at radius 2 is 1.88 bits per heavy atom. The van der Waals surface area contributed by atoms with Gasteiger partial charge in [0.2, 0.25) is 0 Å². The monoisotopic (exact) mass is 517 g/mol. The molecule has 26 heavy (non-hydrogen) atoms. The molecule has 0 bridgehead atoms. The summed E-state index contributed by atoms with van der Waals surface area (Å²) in [6, 6.07) is 11.5. The van der Waals surface area contributed by atoms with E-state index in [1.165, 1.54) is 23.5 Å². The number of anilines is 1. The number of para-hydroxylation sites is 1. The van der Waals surface area contributed by atoms with Crippen molar-refractivity contribution in [2.45, 2.75) is 6.61 Å². The molecule has 0 fully saturated rings. The highest BCUT2D eigenvalue weighted by molar-refractivity contribution is 9.11. The van der Waals surface area contributed by atoms with Gasteiger partial charge in [-0.05, 0) is 67.6 Å². The second kappa shape index (κ2) is 8.52. The maximum Gasteiger partial charge on any atom is 0.265 e. The zero-order chi connectivity index (χ0) is 18.7. The minimum absolute atomic E-state index is 0.285. The molecule has 3 nitrogen and oxygen atoms in total. The standard InChI is InChI=1S/C18H11Br2ClFNO2S/c19-12-6-11(22)7-13(20)17(12)23-18(24)16-5-10(9-26-16)8-25-15-4-2-1-3-14(15)21/h1-7,9H,8H2,(H,23,24). The fraction of sp³-hybridized carbons (Fsp3) is 0.0556. The zero-order valence-electron chi connectivity index (χ0n) is 13.1. The zero-order valence-corrected chi connectivity index (χ0v) is 17.8. The van der Waals surface area contributed by atoms with Crippen molar-refractivity contribution < 1.29 is 13.9 Å². The van der Waals surface area contributed by atoms with Gasteiger partial charge in [0.05, 0.1) is 15.6 Å². The Bertz CT molecular complexity index is 941. The quantitative estimate of drug-likeness (QED) is 0.398. The molecule has 0 atom stereocenters. The largest absolute Gasteiger partial charge is 0.487 e. The first kappa shape index (κ1) is 19.4. The number of hydrogen-bond donors (Lipinski definition) is 1. The van der Waals surface area contributed by atoms with Gasteiger partial charge in [0, 0.05) is 14.5 Å². The molecule has 3 aromatic rings. The molecule has 134 valence electrons. The average molecular weight is 520 g/mol. The number of carbonyl (C=O) groups is 1. The van der Waals surface area contributed by atoms with Crippen molar-refractivity contribution >= 4 is 66.4 Å². The van der Waals surface area contributed by atoms with E-state index in [0.29, 0.717) is 36.9 Å². The van der Waals surface area contributed by atoms with Gasteiger partial charge in [0.15, 0.2) is 0 Å². The molecule has 0 radical (unpaired) electrons. The third kappa shape index (κ3) is 4.65. The van der Waals surface area contributed by atoms with Crippen LogP contribution in [0.15, 0.2) is 56.8 Å². The van der Waals surface area contributed by atoms with Crippen molar-refractivity contribution in [3.63, 3.8) is 0 Å². The predicted octanol–water partition coefficient (Wildman–Crippen LogP) is 6.90. The first-order valence-electron chi connectivity index (χ1n) is 7.34. The first-order chi connectivity index (χ1) is 12.4. The molecular weight excluding hydrogens is 509 g/mol. The highest BCUT2D eigenvalue weighted by Gasteiger charge is 2.15. The summed E-state index contributed by atoms with van der Waals surface area (Å²) >= 11 is 13.9. The molecule has 3 rings (SSSR count). The van der Waals surface area contributed by atoms with Gasteiger partial charge in [-0.25, -0.2) is 4.39 Å². The number of hydrogen-bond acceptors (Lipinski definition) is 3. The Morgan fingerprint density at radius 1 is 1.19 bits per heavy atom. The number of thiophene rings is 1. The lowest BCUT2D eigenvalue weighted by atomic mass is 10.3. The summed E-state index contributed by atoms with van der Waals surface area (Å²) in [6.45, 7) is 0.303. The maximum absolute atomic E-state index is 13.3. The normalized spacial score (nSPS) is 10.6. The fourth-order valence-electron chi connectivity index (χ4n) is 2.13. The van der Waals surface area contributed by atoms with Gasteiger partial charge >= 0.3 is 0 Å². The van der Waals surface area contributed by atoms with E-state index < -0.39 is 5.82 Å². The molecule has 2 aromatic carbocycles. The van der Waals surface area contributed by atoms with Crippen LogP contribution in [0.5, 0.6) is 5.75 Å². The van der Waals surface area contributed by atoms with Crippen LogP contribution in [0, 0.1) is 5.82 Å². The summed E-state index contributed by atoms with van der Waals surface area (Å²) in [5.41, 5.74) is 1.33. The van der Waals surface area contributed by atoms with E-state index in [1.54, 1.807) is 18.2 Å². The second-order valence-electron chi connectivity index (χ2n) is 5.24. The van der Waals surface area contributed by atoms with Crippen molar-refractivity contribution in [1.29, 1.82) is 0 Å². The van der Waals surface area contributed by atoms with Crippen LogP contribution >= 0.6 is 54.8 Å². The number of nitrogens with one attached hydrogen (secondary N) is 1. The van der Waals surface area contributed by atoms with E-state index in [4.69, 9.17) is 16.3 Å². The van der Waals surface area contributed by atoms with Gasteiger partial charge < -0.3 is 10.1 Å². The highest BCUT2D eigenvalue weighted by atomic mass is 79.9. The molecule has 0 unspecified atom stereocenters. The molecule has 0 aliphatic heterocycles. The van der Waals surface area contributed by atoms with E-state index in [0.717, 1.165) is 5.56 Å². The van der Waals surface area contributed by atoms with Crippen molar-refractivity contribution in [2.24, 2.45) is 0 Å². The minimum Gasteiger partial charge on any atom is -0.487 e. The van der Waals surface area contributed by atoms with E-state index in [1.807, 2.05) is 17.5 Å². The van der Waals surface area contributed by atoms with E-state index in [9.17, 15) is 9.18 Å². The van der Waals surface area contributed by atoms with Crippen LogP contribution in [-0.2, 0) is 6.61 Å². The summed E-state index contributed by atoms with van der Waals surface area (Å²) in [5.74, 6) is -0.102. The van der Waals surface area contributed by atoms with Crippen LogP contribution in [0.1, 0.15) is 15.2 Å². The van der Waals surface area contributed by atoms with E-state index in [2.05, 4.69) is 37.2 Å². The van der Waals surface area contributed by atoms with Crippen LogP contribution in [-0.4, -0.2) is 5.91 Å². The first-order valence-corrected chi connectivity index (χ1v) is 10.2. The molecule has 0 saturated heterocycles. The molecule has 0 aliphatic carbocycles. The lowest BCUT2D eigenvalue weighted by Gasteiger charge is -2.09. The maximum atomic E-state index is 13.3. The summed E-state index contributed by atoms with van der Waals surface area (Å²) in [4.78, 5) is 13.0. The number of rotatable bonds is 5. The third-order valence-electron chi connectivity index (χ3n) is 3.35. The van der Waals surface area contributed by atoms with Crippen molar-refractivity contribution in [2.75, 3.05) is 5.32 Å². The third-order valence-corrected chi connectivity index (χ3v) is 5.89. The van der Waals surface area contributed by atoms with Crippen LogP contribution in [0.4, 0.5) is 10.1 Å². The fourth-order valence-corrected chi connectivity index (χ4v) is 4.44. The summed E-state index contributed by atoms with van der Waals surface area (Å²) < 4.78 is 19.9. The van der Waals surface area contributed by atoms with Gasteiger partial charge in [0.1, 0.15) is 18.2 Å². The number of halogens is 4. The number of ether oxygens (including phenoxy) is 1. The molecular formula is C18H11Br2ClFNO2S. The van der Waals surface area contributed by atoms with Gasteiger partial charge in [-0.15, -0.1) is 11.3 Å². The van der Waals surface area contributed by atoms with Crippen LogP contribution in [0.25, 0.3) is 0 Å². The molecule has 1 aromatic heterocycles. The smallest absolute Gasteiger partial charge is 0.265 e. The van der Waals surface area contributed by atoms with Crippen molar-refractivity contribution in [3.8, 4) is 5.75 Å². The minimum atomic E-state index is -0.406. The number of benzene rings is 2. The summed E-state index contributed by atoms with van der Waals surface area (Å²) in [6.07, 6.45) is 0. The molecule has 0 aliphatic rings. The topological polar surface area (TPSA) is 38.3 Å². The Morgan fingerprint density at radius 3 is 2.58 bits per heavy atom. The van der Waals surface area contributed by atoms with Crippen LogP contribution in [0.3, 0.4) is 0 Å². The molecule has 1 amide bonds. The summed E-state index contributed by atoms with van der Waals surface area (Å²) in [7, 11) is 0. The summed E-state index contributed by atoms with van der Waals surface area (Å²) in [5, 5.41) is 5.15. The van der Waals surface area contributed by atoms with Gasteiger partial charge in [-0.2, -0.15) is 0 Å². The molecule has 8 heteroatoms. The molecule has 1 N–H and O–H groups in total. The Balaban J connectivity index is 1.68. The van der Waals surface area contributed by atoms with Crippen molar-refractivity contribution in [1.82, 2.24) is 0 Å². The number of carbonyl (C=O) groups excluding carboxylic acids is 1. The average Bonchev–Trinajstić information content (AvgIpc) is 3.06. The molecule has 0 spiro atoms. The predicted molar refractivity (Wildman–Crippen MR) is 110 cm³/mol. The SMILES string of the molecule is O=C(Nc1c(Br)cc(F)cc1Br)c1cc(COc2ccccc2Cl)cs1. The number of amides is 1. The Kier molecular flexibility index (Phi) is 6.34. The van der Waals surface area contributed by atoms with Gasteiger partial charge in [-0.3, -0.25) is 4.79 Å². The second-order valence-corrected chi connectivity index (χ2v) is 8.26. The Hall–Kier alpha value is -1.41. The molecule has 1 heterocycles. The lowest BCUT2D eigenvalue weighted by Crippen LogP contribution is -2.11. The van der Waals surface area contributed by atoms with Crippen molar-refractivity contribution in [3.05, 3.63) is 78.1 Å². The van der Waals surface area contributed by atoms with Crippen LogP contribution in [0.2, 0.25) is 5.02 Å². The van der Waals surface area contributed by atoms with Crippen LogP contribution < -0.4 is 10.1 Å². The molecule has 0 saturated carbocycles. The highest BCUT2D eigenvalue weighted by Crippen LogP contribution is 2.33. The van der Waals surface area contributed by atoms with Gasteiger partial charge in [0.25, 0.3) is 5.91 Å². The Labute approximate surface area is 175 Å². The van der Waals surface area contributed by atoms with E-state index >= 15 is 0 Å². The van der Waals surface area contributed by atoms with E-state index in [-0.39, 0.29) is 5.91 Å². The van der Waals surface area contributed by atoms with Gasteiger partial charge in [-0.1, -0.05) is 23.7 Å².